The van der Waals surface area contributed by atoms with E-state index in [1.54, 1.807) is 7.11 Å². The second kappa shape index (κ2) is 13.6. The number of methoxy groups -OCH3 is 1. The highest BCUT2D eigenvalue weighted by atomic mass is 16.5. The number of likely N-dealkylation sites (tertiary alicyclic amines) is 1. The molecule has 0 aliphatic carbocycles. The van der Waals surface area contributed by atoms with Gasteiger partial charge in [-0.3, -0.25) is 9.89 Å². The minimum atomic E-state index is 0.410. The van der Waals surface area contributed by atoms with Crippen LogP contribution < -0.4 is 15.4 Å². The van der Waals surface area contributed by atoms with E-state index in [0.29, 0.717) is 18.0 Å². The van der Waals surface area contributed by atoms with Gasteiger partial charge in [-0.25, -0.2) is 0 Å². The molecule has 176 valence electrons. The van der Waals surface area contributed by atoms with Gasteiger partial charge in [-0.1, -0.05) is 26.0 Å². The van der Waals surface area contributed by atoms with Gasteiger partial charge >= 0.3 is 0 Å². The van der Waals surface area contributed by atoms with E-state index >= 15 is 0 Å². The SMILES string of the molecule is CCN(CC)CCCC(C)NC(=NC)NCC1CCCN(C)C1c1ccc(OC)cc1. The van der Waals surface area contributed by atoms with Crippen LogP contribution in [0.15, 0.2) is 29.3 Å². The molecule has 0 aromatic heterocycles. The number of rotatable bonds is 11. The first-order valence-corrected chi connectivity index (χ1v) is 12.1. The van der Waals surface area contributed by atoms with Crippen molar-refractivity contribution in [1.29, 1.82) is 0 Å². The normalized spacial score (nSPS) is 21.2. The van der Waals surface area contributed by atoms with Gasteiger partial charge in [0.25, 0.3) is 0 Å². The average Bonchev–Trinajstić information content (AvgIpc) is 2.79. The Labute approximate surface area is 190 Å². The van der Waals surface area contributed by atoms with Gasteiger partial charge in [0.1, 0.15) is 5.75 Å². The van der Waals surface area contributed by atoms with E-state index in [1.807, 2.05) is 7.05 Å². The van der Waals surface area contributed by atoms with Crippen LogP contribution in [0.25, 0.3) is 0 Å². The lowest BCUT2D eigenvalue weighted by molar-refractivity contribution is 0.122. The number of ether oxygens (including phenoxy) is 1. The number of benzene rings is 1. The van der Waals surface area contributed by atoms with E-state index in [-0.39, 0.29) is 0 Å². The molecule has 1 saturated heterocycles. The number of aliphatic imine (C=N–C) groups is 1. The molecule has 6 heteroatoms. The van der Waals surface area contributed by atoms with Gasteiger partial charge in [-0.15, -0.1) is 0 Å². The zero-order valence-corrected chi connectivity index (χ0v) is 20.7. The molecule has 0 saturated carbocycles. The van der Waals surface area contributed by atoms with E-state index in [0.717, 1.165) is 44.3 Å². The highest BCUT2D eigenvalue weighted by Crippen LogP contribution is 2.35. The fourth-order valence-electron chi connectivity index (χ4n) is 4.69. The lowest BCUT2D eigenvalue weighted by atomic mass is 9.85. The number of guanidine groups is 1. The third-order valence-corrected chi connectivity index (χ3v) is 6.61. The van der Waals surface area contributed by atoms with Crippen molar-refractivity contribution in [3.63, 3.8) is 0 Å². The Kier molecular flexibility index (Phi) is 11.2. The lowest BCUT2D eigenvalue weighted by Gasteiger charge is -2.40. The van der Waals surface area contributed by atoms with Crippen molar-refractivity contribution in [3.8, 4) is 5.75 Å². The molecular formula is C25H45N5O. The van der Waals surface area contributed by atoms with Crippen molar-refractivity contribution in [2.24, 2.45) is 10.9 Å². The number of piperidine rings is 1. The lowest BCUT2D eigenvalue weighted by Crippen LogP contribution is -2.47. The topological polar surface area (TPSA) is 52.1 Å². The van der Waals surface area contributed by atoms with Gasteiger partial charge in [-0.05, 0) is 89.4 Å². The minimum Gasteiger partial charge on any atom is -0.497 e. The monoisotopic (exact) mass is 431 g/mol. The molecule has 0 bridgehead atoms. The van der Waals surface area contributed by atoms with E-state index in [1.165, 1.54) is 31.4 Å². The summed E-state index contributed by atoms with van der Waals surface area (Å²) in [6.07, 6.45) is 4.82. The van der Waals surface area contributed by atoms with Gasteiger partial charge in [0, 0.05) is 25.7 Å². The van der Waals surface area contributed by atoms with Crippen LogP contribution in [-0.4, -0.2) is 75.7 Å². The van der Waals surface area contributed by atoms with Crippen LogP contribution >= 0.6 is 0 Å². The van der Waals surface area contributed by atoms with E-state index in [2.05, 4.69) is 77.5 Å². The molecule has 1 aromatic carbocycles. The maximum Gasteiger partial charge on any atom is 0.191 e. The Balaban J connectivity index is 1.88. The third-order valence-electron chi connectivity index (χ3n) is 6.61. The molecule has 2 rings (SSSR count). The maximum absolute atomic E-state index is 5.34. The second-order valence-corrected chi connectivity index (χ2v) is 8.77. The van der Waals surface area contributed by atoms with Crippen LogP contribution in [0.3, 0.4) is 0 Å². The van der Waals surface area contributed by atoms with Crippen LogP contribution in [-0.2, 0) is 0 Å². The van der Waals surface area contributed by atoms with Crippen molar-refractivity contribution < 1.29 is 4.74 Å². The second-order valence-electron chi connectivity index (χ2n) is 8.77. The van der Waals surface area contributed by atoms with Gasteiger partial charge in [0.2, 0.25) is 0 Å². The maximum atomic E-state index is 5.34. The molecule has 2 N–H and O–H groups in total. The first-order chi connectivity index (χ1) is 15.0. The molecule has 6 nitrogen and oxygen atoms in total. The number of hydrogen-bond donors (Lipinski definition) is 2. The Morgan fingerprint density at radius 1 is 1.26 bits per heavy atom. The zero-order chi connectivity index (χ0) is 22.6. The number of nitrogens with one attached hydrogen (secondary N) is 2. The van der Waals surface area contributed by atoms with E-state index in [4.69, 9.17) is 4.74 Å². The van der Waals surface area contributed by atoms with Crippen LogP contribution in [0.4, 0.5) is 0 Å². The summed E-state index contributed by atoms with van der Waals surface area (Å²) in [5.74, 6) is 2.37. The van der Waals surface area contributed by atoms with Crippen molar-refractivity contribution in [3.05, 3.63) is 29.8 Å². The standard InChI is InChI=1S/C25H45N5O/c1-7-30(8-2)18-9-11-20(3)28-25(26-4)27-19-22-12-10-17-29(5)24(22)21-13-15-23(31-6)16-14-21/h13-16,20,22,24H,7-12,17-19H2,1-6H3,(H2,26,27,28). The zero-order valence-electron chi connectivity index (χ0n) is 20.7. The number of hydrogen-bond acceptors (Lipinski definition) is 4. The Morgan fingerprint density at radius 3 is 2.58 bits per heavy atom. The fraction of sp³-hybridized carbons (Fsp3) is 0.720. The number of nitrogens with zero attached hydrogens (tertiary/aromatic N) is 3. The molecule has 0 radical (unpaired) electrons. The third kappa shape index (κ3) is 8.00. The van der Waals surface area contributed by atoms with Crippen molar-refractivity contribution in [2.75, 3.05) is 53.9 Å². The quantitative estimate of drug-likeness (QED) is 0.413. The van der Waals surface area contributed by atoms with Gasteiger partial charge in [-0.2, -0.15) is 0 Å². The Morgan fingerprint density at radius 2 is 1.97 bits per heavy atom. The van der Waals surface area contributed by atoms with Gasteiger partial charge in [0.05, 0.1) is 7.11 Å². The summed E-state index contributed by atoms with van der Waals surface area (Å²) >= 11 is 0. The van der Waals surface area contributed by atoms with Crippen LogP contribution in [0, 0.1) is 5.92 Å². The predicted octanol–water partition coefficient (Wildman–Crippen LogP) is 3.75. The summed E-state index contributed by atoms with van der Waals surface area (Å²) < 4.78 is 5.34. The Bertz CT molecular complexity index is 644. The summed E-state index contributed by atoms with van der Waals surface area (Å²) in [5, 5.41) is 7.20. The predicted molar refractivity (Wildman–Crippen MR) is 132 cm³/mol. The molecule has 1 aliphatic rings. The summed E-state index contributed by atoms with van der Waals surface area (Å²) in [6, 6.07) is 9.39. The molecule has 1 heterocycles. The first kappa shape index (κ1) is 25.5. The van der Waals surface area contributed by atoms with Crippen LogP contribution in [0.5, 0.6) is 5.75 Å². The highest BCUT2D eigenvalue weighted by molar-refractivity contribution is 5.79. The molecule has 31 heavy (non-hydrogen) atoms. The molecular weight excluding hydrogens is 386 g/mol. The van der Waals surface area contributed by atoms with Crippen LogP contribution in [0.1, 0.15) is 58.1 Å². The molecule has 3 unspecified atom stereocenters. The molecule has 1 fully saturated rings. The fourth-order valence-corrected chi connectivity index (χ4v) is 4.69. The van der Waals surface area contributed by atoms with Crippen molar-refractivity contribution in [1.82, 2.24) is 20.4 Å². The smallest absolute Gasteiger partial charge is 0.191 e. The molecule has 0 spiro atoms. The first-order valence-electron chi connectivity index (χ1n) is 12.1. The average molecular weight is 432 g/mol. The summed E-state index contributed by atoms with van der Waals surface area (Å²) in [7, 11) is 5.83. The molecule has 1 aromatic rings. The molecule has 0 amide bonds. The van der Waals surface area contributed by atoms with E-state index in [9.17, 15) is 0 Å². The van der Waals surface area contributed by atoms with E-state index < -0.39 is 0 Å². The molecule has 1 aliphatic heterocycles. The van der Waals surface area contributed by atoms with Crippen molar-refractivity contribution in [2.45, 2.75) is 58.5 Å². The minimum absolute atomic E-state index is 0.410. The van der Waals surface area contributed by atoms with Gasteiger partial charge in [0.15, 0.2) is 5.96 Å². The summed E-state index contributed by atoms with van der Waals surface area (Å²) in [5.41, 5.74) is 1.36. The Hall–Kier alpha value is -1.79. The summed E-state index contributed by atoms with van der Waals surface area (Å²) in [6.45, 7) is 12.2. The van der Waals surface area contributed by atoms with Gasteiger partial charge < -0.3 is 20.3 Å². The molecule has 3 atom stereocenters. The summed E-state index contributed by atoms with van der Waals surface area (Å²) in [4.78, 5) is 9.46. The van der Waals surface area contributed by atoms with Crippen molar-refractivity contribution >= 4 is 5.96 Å². The highest BCUT2D eigenvalue weighted by Gasteiger charge is 2.30. The van der Waals surface area contributed by atoms with Crippen LogP contribution in [0.2, 0.25) is 0 Å². The largest absolute Gasteiger partial charge is 0.497 e.